The molecule has 0 fully saturated rings. The number of ether oxygens (including phenoxy) is 3. The van der Waals surface area contributed by atoms with Crippen molar-refractivity contribution in [2.24, 2.45) is 0 Å². The highest BCUT2D eigenvalue weighted by Gasteiger charge is 2.19. The van der Waals surface area contributed by atoms with Gasteiger partial charge >= 0.3 is 11.9 Å². The van der Waals surface area contributed by atoms with Crippen LogP contribution in [-0.4, -0.2) is 48.9 Å². The maximum Gasteiger partial charge on any atom is 0.337 e. The van der Waals surface area contributed by atoms with Crippen molar-refractivity contribution in [2.75, 3.05) is 20.8 Å². The van der Waals surface area contributed by atoms with Gasteiger partial charge in [-0.3, -0.25) is 14.4 Å². The highest BCUT2D eigenvalue weighted by Crippen LogP contribution is 2.26. The fourth-order valence-electron chi connectivity index (χ4n) is 4.79. The summed E-state index contributed by atoms with van der Waals surface area (Å²) >= 11 is 0. The predicted molar refractivity (Wildman–Crippen MR) is 157 cm³/mol. The van der Waals surface area contributed by atoms with E-state index < -0.39 is 5.97 Å². The summed E-state index contributed by atoms with van der Waals surface area (Å²) in [5.41, 5.74) is 2.58. The molecule has 1 heterocycles. The smallest absolute Gasteiger partial charge is 0.337 e. The van der Waals surface area contributed by atoms with Crippen molar-refractivity contribution in [3.05, 3.63) is 65.4 Å². The van der Waals surface area contributed by atoms with Crippen LogP contribution in [-0.2, 0) is 32.0 Å². The lowest BCUT2D eigenvalue weighted by molar-refractivity contribution is -0.140. The molecule has 3 rings (SSSR count). The fourth-order valence-corrected chi connectivity index (χ4v) is 4.79. The quantitative estimate of drug-likeness (QED) is 0.0988. The summed E-state index contributed by atoms with van der Waals surface area (Å²) in [4.78, 5) is 49.5. The second kappa shape index (κ2) is 16.4. The molecule has 0 aliphatic heterocycles. The zero-order valence-electron chi connectivity index (χ0n) is 24.4. The Kier molecular flexibility index (Phi) is 12.6. The third-order valence-electron chi connectivity index (χ3n) is 7.10. The zero-order chi connectivity index (χ0) is 29.6. The van der Waals surface area contributed by atoms with E-state index in [1.54, 1.807) is 29.0 Å². The SMILES string of the molecule is CCCCCCCCc1ccc(OCC(=O)Cn2cc(C(=O)CCCC(=O)OC)c3cc(C(=O)OC)ccc32)cc1. The number of carbonyl (C=O) groups is 4. The molecule has 0 saturated heterocycles. The molecular formula is C33H41NO7. The van der Waals surface area contributed by atoms with E-state index in [4.69, 9.17) is 9.47 Å². The van der Waals surface area contributed by atoms with E-state index in [0.717, 1.165) is 6.42 Å². The third-order valence-corrected chi connectivity index (χ3v) is 7.10. The number of esters is 2. The first-order chi connectivity index (χ1) is 19.9. The van der Waals surface area contributed by atoms with Crippen molar-refractivity contribution < 1.29 is 33.4 Å². The minimum absolute atomic E-state index is 0.000371. The minimum atomic E-state index is -0.522. The third kappa shape index (κ3) is 9.59. The number of Topliss-reactive ketones (excluding diaryl/α,β-unsaturated/α-hetero) is 2. The Hall–Kier alpha value is -3.94. The maximum absolute atomic E-state index is 13.1. The molecule has 0 aliphatic rings. The van der Waals surface area contributed by atoms with E-state index in [1.165, 1.54) is 58.3 Å². The predicted octanol–water partition coefficient (Wildman–Crippen LogP) is 6.51. The van der Waals surface area contributed by atoms with E-state index in [0.29, 0.717) is 34.2 Å². The average molecular weight is 564 g/mol. The van der Waals surface area contributed by atoms with Crippen LogP contribution in [0.4, 0.5) is 0 Å². The Morgan fingerprint density at radius 2 is 1.54 bits per heavy atom. The van der Waals surface area contributed by atoms with E-state index in [1.807, 2.05) is 24.3 Å². The molecule has 0 atom stereocenters. The Balaban J connectivity index is 1.63. The first-order valence-corrected chi connectivity index (χ1v) is 14.4. The number of hydrogen-bond donors (Lipinski definition) is 0. The molecule has 1 aromatic heterocycles. The molecule has 0 N–H and O–H groups in total. The average Bonchev–Trinajstić information content (AvgIpc) is 3.35. The second-order valence-corrected chi connectivity index (χ2v) is 10.2. The van der Waals surface area contributed by atoms with Crippen LogP contribution >= 0.6 is 0 Å². The zero-order valence-corrected chi connectivity index (χ0v) is 24.4. The van der Waals surface area contributed by atoms with Crippen molar-refractivity contribution in [3.63, 3.8) is 0 Å². The highest BCUT2D eigenvalue weighted by atomic mass is 16.5. The lowest BCUT2D eigenvalue weighted by Crippen LogP contribution is -2.17. The van der Waals surface area contributed by atoms with Crippen molar-refractivity contribution in [3.8, 4) is 5.75 Å². The molecule has 0 bridgehead atoms. The summed E-state index contributed by atoms with van der Waals surface area (Å²) in [6, 6.07) is 12.8. The number of benzene rings is 2. The van der Waals surface area contributed by atoms with Gasteiger partial charge in [0.25, 0.3) is 0 Å². The van der Waals surface area contributed by atoms with Gasteiger partial charge in [-0.2, -0.15) is 0 Å². The van der Waals surface area contributed by atoms with Gasteiger partial charge in [0.2, 0.25) is 0 Å². The van der Waals surface area contributed by atoms with Crippen LogP contribution in [0, 0.1) is 0 Å². The summed E-state index contributed by atoms with van der Waals surface area (Å²) < 4.78 is 16.9. The molecule has 41 heavy (non-hydrogen) atoms. The van der Waals surface area contributed by atoms with Crippen LogP contribution in [0.2, 0.25) is 0 Å². The summed E-state index contributed by atoms with van der Waals surface area (Å²) in [7, 11) is 2.59. The van der Waals surface area contributed by atoms with Crippen LogP contribution < -0.4 is 4.74 Å². The topological polar surface area (TPSA) is 101 Å². The maximum atomic E-state index is 13.1. The standard InChI is InChI=1S/C33H41NO7/c1-4-5-6-7-8-9-11-24-14-17-27(18-15-24)41-23-26(35)21-34-22-29(31(36)12-10-13-32(37)39-2)28-20-25(33(38)40-3)16-19-30(28)34/h14-20,22H,4-13,21,23H2,1-3H3. The van der Waals surface area contributed by atoms with Gasteiger partial charge in [0.15, 0.2) is 11.6 Å². The molecule has 0 spiro atoms. The molecule has 0 aliphatic carbocycles. The Labute approximate surface area is 242 Å². The van der Waals surface area contributed by atoms with Gasteiger partial charge in [0, 0.05) is 35.5 Å². The van der Waals surface area contributed by atoms with E-state index in [2.05, 4.69) is 11.7 Å². The van der Waals surface area contributed by atoms with Crippen molar-refractivity contribution in [1.29, 1.82) is 0 Å². The van der Waals surface area contributed by atoms with Gasteiger partial charge in [0.05, 0.1) is 26.3 Å². The Morgan fingerprint density at radius 1 is 0.805 bits per heavy atom. The number of methoxy groups -OCH3 is 2. The highest BCUT2D eigenvalue weighted by molar-refractivity contribution is 6.10. The number of unbranched alkanes of at least 4 members (excludes halogenated alkanes) is 5. The molecule has 8 nitrogen and oxygen atoms in total. The van der Waals surface area contributed by atoms with E-state index in [-0.39, 0.29) is 43.5 Å². The lowest BCUT2D eigenvalue weighted by atomic mass is 10.0. The summed E-state index contributed by atoms with van der Waals surface area (Å²) in [6.45, 7) is 2.11. The van der Waals surface area contributed by atoms with Crippen LogP contribution in [0.15, 0.2) is 48.7 Å². The Morgan fingerprint density at radius 3 is 2.24 bits per heavy atom. The van der Waals surface area contributed by atoms with Crippen LogP contribution in [0.3, 0.4) is 0 Å². The summed E-state index contributed by atoms with van der Waals surface area (Å²) in [5.74, 6) is -0.631. The van der Waals surface area contributed by atoms with Crippen LogP contribution in [0.1, 0.15) is 91.0 Å². The van der Waals surface area contributed by atoms with Crippen molar-refractivity contribution >= 4 is 34.4 Å². The second-order valence-electron chi connectivity index (χ2n) is 10.2. The Bertz CT molecular complexity index is 1320. The number of hydrogen-bond acceptors (Lipinski definition) is 7. The molecule has 8 heteroatoms. The molecule has 0 amide bonds. The number of ketones is 2. The number of rotatable bonds is 18. The van der Waals surface area contributed by atoms with Gasteiger partial charge < -0.3 is 18.8 Å². The van der Waals surface area contributed by atoms with Gasteiger partial charge in [-0.05, 0) is 55.2 Å². The molecular weight excluding hydrogens is 522 g/mol. The molecule has 0 saturated carbocycles. The summed E-state index contributed by atoms with van der Waals surface area (Å²) in [6.07, 6.45) is 10.8. The van der Waals surface area contributed by atoms with Gasteiger partial charge in [-0.1, -0.05) is 51.2 Å². The molecule has 3 aromatic rings. The van der Waals surface area contributed by atoms with E-state index in [9.17, 15) is 19.2 Å². The van der Waals surface area contributed by atoms with Crippen molar-refractivity contribution in [1.82, 2.24) is 4.57 Å². The largest absolute Gasteiger partial charge is 0.486 e. The normalized spacial score (nSPS) is 10.9. The first-order valence-electron chi connectivity index (χ1n) is 14.4. The number of carbonyl (C=O) groups excluding carboxylic acids is 4. The number of nitrogens with zero attached hydrogens (tertiary/aromatic N) is 1. The molecule has 0 radical (unpaired) electrons. The number of aryl methyl sites for hydroxylation is 1. The fraction of sp³-hybridized carbons (Fsp3) is 0.455. The lowest BCUT2D eigenvalue weighted by Gasteiger charge is -2.09. The van der Waals surface area contributed by atoms with Crippen LogP contribution in [0.5, 0.6) is 5.75 Å². The molecule has 220 valence electrons. The number of fused-ring (bicyclic) bond motifs is 1. The van der Waals surface area contributed by atoms with Crippen molar-refractivity contribution in [2.45, 2.75) is 77.7 Å². The monoisotopic (exact) mass is 563 g/mol. The minimum Gasteiger partial charge on any atom is -0.486 e. The van der Waals surface area contributed by atoms with Crippen LogP contribution in [0.25, 0.3) is 10.9 Å². The first kappa shape index (κ1) is 31.6. The van der Waals surface area contributed by atoms with Gasteiger partial charge in [-0.15, -0.1) is 0 Å². The van der Waals surface area contributed by atoms with E-state index >= 15 is 0 Å². The van der Waals surface area contributed by atoms with Gasteiger partial charge in [-0.25, -0.2) is 4.79 Å². The molecule has 2 aromatic carbocycles. The molecule has 0 unspecified atom stereocenters. The summed E-state index contributed by atoms with van der Waals surface area (Å²) in [5, 5.41) is 0.547. The van der Waals surface area contributed by atoms with Gasteiger partial charge in [0.1, 0.15) is 12.4 Å². The number of aromatic nitrogens is 1.